The maximum Gasteiger partial charge on any atom is 0.431 e. The van der Waals surface area contributed by atoms with Gasteiger partial charge in [0.15, 0.2) is 0 Å². The van der Waals surface area contributed by atoms with Gasteiger partial charge in [-0.3, -0.25) is 9.35 Å². The molecule has 0 amide bonds. The molecule has 1 aromatic carbocycles. The van der Waals surface area contributed by atoms with Gasteiger partial charge in [0.2, 0.25) is 0 Å². The second kappa shape index (κ2) is 7.93. The highest BCUT2D eigenvalue weighted by atomic mass is 127. The number of hydrogen-bond donors (Lipinski definition) is 1. The first-order valence-electron chi connectivity index (χ1n) is 9.78. The van der Waals surface area contributed by atoms with Gasteiger partial charge in [-0.15, -0.1) is 0 Å². The first-order chi connectivity index (χ1) is 15.2. The number of hydrogen-bond acceptors (Lipinski definition) is 7. The van der Waals surface area contributed by atoms with Gasteiger partial charge in [0, 0.05) is 15.9 Å². The molecule has 14 heteroatoms. The van der Waals surface area contributed by atoms with Crippen LogP contribution in [0, 0.1) is 21.3 Å². The van der Waals surface area contributed by atoms with Gasteiger partial charge in [0.1, 0.15) is 11.3 Å². The van der Waals surface area contributed by atoms with Crippen LogP contribution in [0.25, 0.3) is 0 Å². The number of rotatable bonds is 6. The molecule has 33 heavy (non-hydrogen) atoms. The van der Waals surface area contributed by atoms with Gasteiger partial charge in [-0.05, 0) is 59.5 Å². The Morgan fingerprint density at radius 3 is 2.55 bits per heavy atom. The molecule has 1 spiro atoms. The third-order valence-electron chi connectivity index (χ3n) is 6.29. The van der Waals surface area contributed by atoms with E-state index in [2.05, 4.69) is 22.6 Å². The molecule has 182 valence electrons. The van der Waals surface area contributed by atoms with Crippen molar-refractivity contribution in [3.63, 3.8) is 0 Å². The van der Waals surface area contributed by atoms with Gasteiger partial charge in [0.05, 0.1) is 18.9 Å². The molecule has 2 aliphatic carbocycles. The van der Waals surface area contributed by atoms with E-state index in [9.17, 15) is 35.6 Å². The average molecular weight is 608 g/mol. The molecule has 3 aliphatic rings. The van der Waals surface area contributed by atoms with Crippen molar-refractivity contribution in [1.82, 2.24) is 0 Å². The van der Waals surface area contributed by atoms with Crippen LogP contribution < -0.4 is 4.74 Å². The van der Waals surface area contributed by atoms with Crippen LogP contribution >= 0.6 is 22.6 Å². The van der Waals surface area contributed by atoms with Gasteiger partial charge < -0.3 is 14.2 Å². The molecule has 1 N–H and O–H groups in total. The summed E-state index contributed by atoms with van der Waals surface area (Å²) >= 11 is 2.07. The Kier molecular flexibility index (Phi) is 5.88. The predicted octanol–water partition coefficient (Wildman–Crippen LogP) is 3.63. The van der Waals surface area contributed by atoms with Crippen LogP contribution in [0.3, 0.4) is 0 Å². The summed E-state index contributed by atoms with van der Waals surface area (Å²) in [6, 6.07) is 5.00. The molecular formula is C19H17F4IO8S. The summed E-state index contributed by atoms with van der Waals surface area (Å²) in [5.41, 5.74) is 0.280. The fourth-order valence-corrected chi connectivity index (χ4v) is 5.61. The standard InChI is InChI=1S/C19H17F4IO8S/c20-18(21,19(22,23)33(27,28)29)3-4-30-15(25)13-6-10-5-9(13)8-17(10)31-14-7-11(24)1-2-12(14)16(26)32-17/h1-2,7,9-10,13H,3-6,8H2,(H,27,28,29). The van der Waals surface area contributed by atoms with Gasteiger partial charge in [-0.25, -0.2) is 4.79 Å². The molecule has 2 fully saturated rings. The Morgan fingerprint density at radius 1 is 1.24 bits per heavy atom. The number of fused-ring (bicyclic) bond motifs is 4. The van der Waals surface area contributed by atoms with Crippen molar-refractivity contribution in [2.24, 2.45) is 17.8 Å². The summed E-state index contributed by atoms with van der Waals surface area (Å²) in [4.78, 5) is 24.8. The van der Waals surface area contributed by atoms with E-state index in [0.717, 1.165) is 3.57 Å². The zero-order valence-corrected chi connectivity index (χ0v) is 19.6. The molecule has 0 aromatic heterocycles. The highest BCUT2D eigenvalue weighted by molar-refractivity contribution is 14.1. The second-order valence-corrected chi connectivity index (χ2v) is 11.0. The lowest BCUT2D eigenvalue weighted by Crippen LogP contribution is -2.50. The fraction of sp³-hybridized carbons (Fsp3) is 0.579. The number of alkyl halides is 4. The fourth-order valence-electron chi connectivity index (χ4n) is 4.67. The topological polar surface area (TPSA) is 116 Å². The number of carbonyl (C=O) groups is 2. The highest BCUT2D eigenvalue weighted by Crippen LogP contribution is 2.57. The van der Waals surface area contributed by atoms with Crippen molar-refractivity contribution in [1.29, 1.82) is 0 Å². The van der Waals surface area contributed by atoms with Crippen LogP contribution in [-0.2, 0) is 24.4 Å². The molecule has 0 radical (unpaired) electrons. The van der Waals surface area contributed by atoms with Crippen molar-refractivity contribution >= 4 is 44.6 Å². The van der Waals surface area contributed by atoms with E-state index >= 15 is 0 Å². The van der Waals surface area contributed by atoms with E-state index in [1.807, 2.05) is 0 Å². The monoisotopic (exact) mass is 608 g/mol. The summed E-state index contributed by atoms with van der Waals surface area (Å²) in [6.45, 7) is -1.17. The van der Waals surface area contributed by atoms with Gasteiger partial charge in [-0.2, -0.15) is 26.0 Å². The van der Waals surface area contributed by atoms with Crippen LogP contribution in [0.1, 0.15) is 36.0 Å². The Hall–Kier alpha value is -1.68. The Balaban J connectivity index is 1.37. The molecule has 4 atom stereocenters. The van der Waals surface area contributed by atoms with E-state index in [1.165, 1.54) is 0 Å². The van der Waals surface area contributed by atoms with Crippen LogP contribution in [0.2, 0.25) is 0 Å². The number of ether oxygens (including phenoxy) is 3. The molecule has 1 heterocycles. The van der Waals surface area contributed by atoms with E-state index in [-0.39, 0.29) is 30.2 Å². The number of benzene rings is 1. The summed E-state index contributed by atoms with van der Waals surface area (Å²) in [6.07, 6.45) is -1.01. The van der Waals surface area contributed by atoms with E-state index in [1.54, 1.807) is 18.2 Å². The molecule has 1 aliphatic heterocycles. The SMILES string of the molecule is O=C1OC2(CC3CC2CC3C(=O)OCCC(F)(F)C(F)(F)S(=O)(=O)O)Oc2cc(I)ccc21. The Bertz CT molecular complexity index is 1110. The van der Waals surface area contributed by atoms with Gasteiger partial charge >= 0.3 is 33.2 Å². The zero-order chi connectivity index (χ0) is 24.4. The third kappa shape index (κ3) is 4.07. The molecule has 0 saturated heterocycles. The molecule has 2 saturated carbocycles. The molecular weight excluding hydrogens is 591 g/mol. The first kappa shape index (κ1) is 24.4. The average Bonchev–Trinajstić information content (AvgIpc) is 3.24. The molecule has 4 unspecified atom stereocenters. The summed E-state index contributed by atoms with van der Waals surface area (Å²) in [5.74, 6) is -8.93. The molecule has 8 nitrogen and oxygen atoms in total. The van der Waals surface area contributed by atoms with E-state index in [4.69, 9.17) is 18.8 Å². The van der Waals surface area contributed by atoms with E-state index in [0.29, 0.717) is 12.2 Å². The summed E-state index contributed by atoms with van der Waals surface area (Å²) in [5, 5.41) is -5.72. The smallest absolute Gasteiger partial charge is 0.431 e. The van der Waals surface area contributed by atoms with Crippen molar-refractivity contribution < 1.29 is 54.3 Å². The quantitative estimate of drug-likeness (QED) is 0.226. The second-order valence-electron chi connectivity index (χ2n) is 8.30. The predicted molar refractivity (Wildman–Crippen MR) is 109 cm³/mol. The van der Waals surface area contributed by atoms with Crippen LogP contribution in [0.5, 0.6) is 5.75 Å². The minimum absolute atomic E-state index is 0.172. The van der Waals surface area contributed by atoms with Gasteiger partial charge in [-0.1, -0.05) is 0 Å². The number of esters is 2. The first-order valence-corrected chi connectivity index (χ1v) is 12.3. The van der Waals surface area contributed by atoms with Crippen LogP contribution in [0.15, 0.2) is 18.2 Å². The normalized spacial score (nSPS) is 28.9. The van der Waals surface area contributed by atoms with Crippen molar-refractivity contribution in [2.45, 2.75) is 42.6 Å². The number of carbonyl (C=O) groups excluding carboxylic acids is 2. The molecule has 4 rings (SSSR count). The third-order valence-corrected chi connectivity index (χ3v) is 7.91. The summed E-state index contributed by atoms with van der Waals surface area (Å²) < 4.78 is 100. The Labute approximate surface area is 198 Å². The number of halogens is 5. The largest absolute Gasteiger partial charge is 0.465 e. The molecule has 1 aromatic rings. The van der Waals surface area contributed by atoms with Crippen molar-refractivity contribution in [3.8, 4) is 5.75 Å². The lowest BCUT2D eigenvalue weighted by molar-refractivity contribution is -0.194. The minimum Gasteiger partial charge on any atom is -0.465 e. The van der Waals surface area contributed by atoms with Crippen molar-refractivity contribution in [2.75, 3.05) is 6.61 Å². The van der Waals surface area contributed by atoms with Crippen molar-refractivity contribution in [3.05, 3.63) is 27.3 Å². The van der Waals surface area contributed by atoms with Gasteiger partial charge in [0.25, 0.3) is 5.79 Å². The molecule has 2 bridgehead atoms. The maximum atomic E-state index is 13.6. The highest BCUT2D eigenvalue weighted by Gasteiger charge is 2.66. The lowest BCUT2D eigenvalue weighted by Gasteiger charge is -2.41. The summed E-state index contributed by atoms with van der Waals surface area (Å²) in [7, 11) is -6.36. The van der Waals surface area contributed by atoms with E-state index < -0.39 is 58.0 Å². The van der Waals surface area contributed by atoms with Crippen LogP contribution in [0.4, 0.5) is 17.6 Å². The maximum absolute atomic E-state index is 13.6. The zero-order valence-electron chi connectivity index (χ0n) is 16.6. The minimum atomic E-state index is -6.36. The lowest BCUT2D eigenvalue weighted by atomic mass is 9.84. The van der Waals surface area contributed by atoms with Crippen LogP contribution in [-0.4, -0.2) is 48.5 Å². The Morgan fingerprint density at radius 2 is 1.94 bits per heavy atom.